The van der Waals surface area contributed by atoms with Crippen molar-refractivity contribution in [2.45, 2.75) is 18.9 Å². The van der Waals surface area contributed by atoms with Gasteiger partial charge in [0.1, 0.15) is 23.7 Å². The maximum absolute atomic E-state index is 13.4. The normalized spacial score (nSPS) is 14.3. The monoisotopic (exact) mass is 529 g/mol. The molecule has 4 heterocycles. The average molecular weight is 530 g/mol. The van der Waals surface area contributed by atoms with Crippen molar-refractivity contribution in [2.75, 3.05) is 7.05 Å². The molecule has 0 saturated heterocycles. The molecular formula is C25H20ClN9O3. The van der Waals surface area contributed by atoms with E-state index in [2.05, 4.69) is 30.8 Å². The third kappa shape index (κ3) is 4.30. The summed E-state index contributed by atoms with van der Waals surface area (Å²) >= 11 is 6.27. The predicted molar refractivity (Wildman–Crippen MR) is 137 cm³/mol. The molecule has 38 heavy (non-hydrogen) atoms. The lowest BCUT2D eigenvalue weighted by Crippen LogP contribution is -2.24. The van der Waals surface area contributed by atoms with Crippen LogP contribution in [0, 0.1) is 0 Å². The van der Waals surface area contributed by atoms with Gasteiger partial charge in [0.05, 0.1) is 29.3 Å². The Morgan fingerprint density at radius 1 is 1.18 bits per heavy atom. The number of imidazole rings is 1. The van der Waals surface area contributed by atoms with Crippen LogP contribution >= 0.6 is 11.6 Å². The minimum atomic E-state index is -0.540. The molecule has 0 fully saturated rings. The number of hydrogen-bond acceptors (Lipinski definition) is 8. The molecule has 1 amide bonds. The summed E-state index contributed by atoms with van der Waals surface area (Å²) in [6.45, 7) is 0. The molecule has 13 heteroatoms. The van der Waals surface area contributed by atoms with Crippen LogP contribution in [-0.2, 0) is 6.42 Å². The summed E-state index contributed by atoms with van der Waals surface area (Å²) in [5.41, 5.74) is 3.26. The van der Waals surface area contributed by atoms with Crippen LogP contribution in [0.1, 0.15) is 24.0 Å². The van der Waals surface area contributed by atoms with Gasteiger partial charge in [-0.1, -0.05) is 11.6 Å². The highest BCUT2D eigenvalue weighted by Gasteiger charge is 2.28. The molecule has 1 aliphatic rings. The average Bonchev–Trinajstić information content (AvgIpc) is 3.70. The van der Waals surface area contributed by atoms with Crippen LogP contribution in [0.5, 0.6) is 5.75 Å². The largest absolute Gasteiger partial charge is 0.412 e. The van der Waals surface area contributed by atoms with Gasteiger partial charge in [0.25, 0.3) is 5.56 Å². The number of carbonyl (C=O) groups excluding carboxylic acids is 1. The topological polar surface area (TPSA) is 146 Å². The van der Waals surface area contributed by atoms with E-state index >= 15 is 0 Å². The number of benzene rings is 2. The van der Waals surface area contributed by atoms with E-state index in [0.29, 0.717) is 52.2 Å². The highest BCUT2D eigenvalue weighted by atomic mass is 35.5. The molecule has 0 aliphatic carbocycles. The van der Waals surface area contributed by atoms with Gasteiger partial charge in [0.15, 0.2) is 0 Å². The number of ether oxygens (including phenoxy) is 1. The van der Waals surface area contributed by atoms with Crippen molar-refractivity contribution in [2.24, 2.45) is 0 Å². The Hall–Kier alpha value is -4.84. The Labute approximate surface area is 220 Å². The maximum Gasteiger partial charge on any atom is 0.412 e. The predicted octanol–water partition coefficient (Wildman–Crippen LogP) is 3.18. The van der Waals surface area contributed by atoms with Crippen molar-refractivity contribution in [1.29, 1.82) is 0 Å². The summed E-state index contributed by atoms with van der Waals surface area (Å²) in [6.07, 6.45) is 3.98. The second-order valence-corrected chi connectivity index (χ2v) is 9.02. The molecule has 190 valence electrons. The Morgan fingerprint density at radius 2 is 2.03 bits per heavy atom. The maximum atomic E-state index is 13.4. The van der Waals surface area contributed by atoms with E-state index < -0.39 is 6.09 Å². The Kier molecular flexibility index (Phi) is 5.92. The minimum absolute atomic E-state index is 0.179. The van der Waals surface area contributed by atoms with Gasteiger partial charge in [-0.3, -0.25) is 9.36 Å². The van der Waals surface area contributed by atoms with Crippen LogP contribution in [0.2, 0.25) is 5.02 Å². The fraction of sp³-hybridized carbons (Fsp3) is 0.160. The third-order valence-corrected chi connectivity index (χ3v) is 6.54. The number of hydrogen-bond donors (Lipinski definition) is 2. The molecule has 5 aromatic rings. The van der Waals surface area contributed by atoms with Crippen molar-refractivity contribution in [1.82, 2.24) is 45.0 Å². The zero-order valence-corrected chi connectivity index (χ0v) is 20.8. The zero-order chi connectivity index (χ0) is 26.2. The second kappa shape index (κ2) is 9.56. The minimum Gasteiger partial charge on any atom is -0.410 e. The molecule has 6 rings (SSSR count). The summed E-state index contributed by atoms with van der Waals surface area (Å²) in [7, 11) is 1.50. The van der Waals surface area contributed by atoms with Crippen molar-refractivity contribution in [3.63, 3.8) is 0 Å². The quantitative estimate of drug-likeness (QED) is 0.353. The first-order chi connectivity index (χ1) is 18.5. The third-order valence-electron chi connectivity index (χ3n) is 6.31. The van der Waals surface area contributed by atoms with E-state index in [0.717, 1.165) is 11.3 Å². The van der Waals surface area contributed by atoms with Gasteiger partial charge in [-0.15, -0.1) is 5.10 Å². The lowest BCUT2D eigenvalue weighted by molar-refractivity contribution is 0.203. The van der Waals surface area contributed by atoms with Gasteiger partial charge in [0, 0.05) is 35.7 Å². The van der Waals surface area contributed by atoms with Crippen LogP contribution in [0.25, 0.3) is 28.3 Å². The molecule has 0 spiro atoms. The summed E-state index contributed by atoms with van der Waals surface area (Å²) in [6, 6.07) is 13.5. The smallest absolute Gasteiger partial charge is 0.410 e. The van der Waals surface area contributed by atoms with Gasteiger partial charge >= 0.3 is 6.09 Å². The first kappa shape index (κ1) is 23.6. The van der Waals surface area contributed by atoms with Crippen LogP contribution in [0.3, 0.4) is 0 Å². The van der Waals surface area contributed by atoms with Crippen molar-refractivity contribution in [3.05, 3.63) is 87.9 Å². The summed E-state index contributed by atoms with van der Waals surface area (Å²) in [5, 5.41) is 14.3. The number of fused-ring (bicyclic) bond motifs is 1. The number of aromatic amines is 1. The van der Waals surface area contributed by atoms with Gasteiger partial charge in [-0.25, -0.2) is 14.8 Å². The van der Waals surface area contributed by atoms with E-state index in [1.165, 1.54) is 24.1 Å². The van der Waals surface area contributed by atoms with Crippen LogP contribution < -0.4 is 15.6 Å². The number of nitrogens with one attached hydrogen (secondary N) is 2. The van der Waals surface area contributed by atoms with Crippen molar-refractivity contribution in [3.8, 4) is 34.1 Å². The standard InChI is InChI=1S/C25H20ClN9O3/c1-27-25(37)38-16-5-2-14(3-6-16)24-28-12-19(31-24)21-8-9-22-30-18(11-23(36)35(21)22)17-10-15(26)4-7-20(17)34-13-29-32-33-34/h2-7,10-13,21H,8-9H2,1H3,(H,27,37)(H,28,31)/t21-/m0/s1. The van der Waals surface area contributed by atoms with Gasteiger partial charge < -0.3 is 15.0 Å². The summed E-state index contributed by atoms with van der Waals surface area (Å²) in [4.78, 5) is 37.4. The van der Waals surface area contributed by atoms with Crippen molar-refractivity contribution >= 4 is 17.7 Å². The number of amides is 1. The number of H-pyrrole nitrogens is 1. The van der Waals surface area contributed by atoms with E-state index in [9.17, 15) is 9.59 Å². The number of halogens is 1. The summed E-state index contributed by atoms with van der Waals surface area (Å²) < 4.78 is 8.33. The lowest BCUT2D eigenvalue weighted by Gasteiger charge is -2.14. The van der Waals surface area contributed by atoms with Crippen LogP contribution in [0.15, 0.2) is 65.8 Å². The van der Waals surface area contributed by atoms with E-state index in [1.54, 1.807) is 53.2 Å². The molecule has 0 unspecified atom stereocenters. The molecule has 3 aromatic heterocycles. The molecule has 2 aromatic carbocycles. The molecule has 12 nitrogen and oxygen atoms in total. The van der Waals surface area contributed by atoms with E-state index in [1.807, 2.05) is 0 Å². The van der Waals surface area contributed by atoms with Gasteiger partial charge in [-0.05, 0) is 59.3 Å². The number of nitrogens with zero attached hydrogens (tertiary/aromatic N) is 7. The number of aromatic nitrogens is 8. The molecule has 1 aliphatic heterocycles. The number of aryl methyl sites for hydroxylation is 1. The highest BCUT2D eigenvalue weighted by Crippen LogP contribution is 2.33. The molecular weight excluding hydrogens is 510 g/mol. The molecule has 0 saturated carbocycles. The van der Waals surface area contributed by atoms with Gasteiger partial charge in [-0.2, -0.15) is 4.68 Å². The Bertz CT molecular complexity index is 1690. The fourth-order valence-electron chi connectivity index (χ4n) is 4.55. The number of carbonyl (C=O) groups is 1. The van der Waals surface area contributed by atoms with E-state index in [-0.39, 0.29) is 11.6 Å². The lowest BCUT2D eigenvalue weighted by atomic mass is 10.1. The molecule has 0 bridgehead atoms. The number of tetrazole rings is 1. The fourth-order valence-corrected chi connectivity index (χ4v) is 4.72. The first-order valence-corrected chi connectivity index (χ1v) is 12.1. The molecule has 1 atom stereocenters. The second-order valence-electron chi connectivity index (χ2n) is 8.59. The first-order valence-electron chi connectivity index (χ1n) is 11.7. The van der Waals surface area contributed by atoms with Gasteiger partial charge in [0.2, 0.25) is 0 Å². The van der Waals surface area contributed by atoms with Crippen LogP contribution in [0.4, 0.5) is 4.79 Å². The summed E-state index contributed by atoms with van der Waals surface area (Å²) in [5.74, 6) is 1.73. The van der Waals surface area contributed by atoms with Crippen molar-refractivity contribution < 1.29 is 9.53 Å². The van der Waals surface area contributed by atoms with Crippen LogP contribution in [-0.4, -0.2) is 52.9 Å². The molecule has 0 radical (unpaired) electrons. The zero-order valence-electron chi connectivity index (χ0n) is 20.0. The van der Waals surface area contributed by atoms with E-state index in [4.69, 9.17) is 21.3 Å². The SMILES string of the molecule is CNC(=O)Oc1ccc(-c2ncc([C@@H]3CCc4nc(-c5cc(Cl)ccc5-n5cnnn5)cc(=O)n43)[nH]2)cc1. The Balaban J connectivity index is 1.30. The Morgan fingerprint density at radius 3 is 2.79 bits per heavy atom. The highest BCUT2D eigenvalue weighted by molar-refractivity contribution is 6.31. The molecule has 2 N–H and O–H groups in total. The number of rotatable bonds is 5.